The van der Waals surface area contributed by atoms with Gasteiger partial charge >= 0.3 is 0 Å². The van der Waals surface area contributed by atoms with Gasteiger partial charge in [-0.15, -0.1) is 0 Å². The lowest BCUT2D eigenvalue weighted by Gasteiger charge is -2.29. The number of carbonyl (C=O) groups is 1. The summed E-state index contributed by atoms with van der Waals surface area (Å²) in [6.07, 6.45) is 1.61. The first-order valence-electron chi connectivity index (χ1n) is 8.73. The minimum atomic E-state index is -0.316. The van der Waals surface area contributed by atoms with Crippen LogP contribution in [0.4, 0.5) is 10.1 Å². The molecule has 142 valence electrons. The molecule has 0 aliphatic carbocycles. The lowest BCUT2D eigenvalue weighted by atomic mass is 10.1. The standard InChI is InChI=1S/C20H22FN3O3/c1-26-17-4-2-3-15(11-17)13-20(25)23-22-14-16-5-6-19(18(21)12-16)24-7-9-27-10-8-24/h2-6,11-12,14H,7-10,13H2,1H3,(H,23,25)/b22-14+. The number of halogens is 1. The number of methoxy groups -OCH3 is 1. The molecule has 1 aliphatic rings. The van der Waals surface area contributed by atoms with E-state index >= 15 is 0 Å². The number of hydrazone groups is 1. The Morgan fingerprint density at radius 1 is 1.30 bits per heavy atom. The third-order valence-corrected chi connectivity index (χ3v) is 4.23. The number of amides is 1. The van der Waals surface area contributed by atoms with Crippen molar-refractivity contribution in [2.45, 2.75) is 6.42 Å². The summed E-state index contributed by atoms with van der Waals surface area (Å²) in [6.45, 7) is 2.54. The Hall–Kier alpha value is -2.93. The quantitative estimate of drug-likeness (QED) is 0.626. The van der Waals surface area contributed by atoms with Gasteiger partial charge in [-0.2, -0.15) is 5.10 Å². The summed E-state index contributed by atoms with van der Waals surface area (Å²) in [4.78, 5) is 13.9. The van der Waals surface area contributed by atoms with Crippen molar-refractivity contribution in [1.82, 2.24) is 5.43 Å². The van der Waals surface area contributed by atoms with E-state index in [1.807, 2.05) is 23.1 Å². The number of rotatable bonds is 6. The smallest absolute Gasteiger partial charge is 0.244 e. The maximum atomic E-state index is 14.3. The summed E-state index contributed by atoms with van der Waals surface area (Å²) in [6, 6.07) is 12.2. The summed E-state index contributed by atoms with van der Waals surface area (Å²) in [5, 5.41) is 3.91. The molecule has 1 fully saturated rings. The largest absolute Gasteiger partial charge is 0.497 e. The number of nitrogens with one attached hydrogen (secondary N) is 1. The molecule has 7 heteroatoms. The Kier molecular flexibility index (Phi) is 6.38. The Labute approximate surface area is 157 Å². The number of carbonyl (C=O) groups excluding carboxylic acids is 1. The molecule has 0 spiro atoms. The van der Waals surface area contributed by atoms with E-state index in [9.17, 15) is 9.18 Å². The maximum absolute atomic E-state index is 14.3. The molecule has 0 aromatic heterocycles. The molecule has 1 heterocycles. The zero-order valence-corrected chi connectivity index (χ0v) is 15.2. The highest BCUT2D eigenvalue weighted by Gasteiger charge is 2.15. The molecule has 0 unspecified atom stereocenters. The summed E-state index contributed by atoms with van der Waals surface area (Å²) in [7, 11) is 1.58. The van der Waals surface area contributed by atoms with Gasteiger partial charge in [-0.3, -0.25) is 4.79 Å². The number of anilines is 1. The average molecular weight is 371 g/mol. The van der Waals surface area contributed by atoms with Crippen molar-refractivity contribution in [1.29, 1.82) is 0 Å². The zero-order valence-electron chi connectivity index (χ0n) is 15.2. The Morgan fingerprint density at radius 3 is 2.85 bits per heavy atom. The van der Waals surface area contributed by atoms with Crippen LogP contribution in [0.25, 0.3) is 0 Å². The first-order chi connectivity index (χ1) is 13.2. The number of morpholine rings is 1. The molecule has 3 rings (SSSR count). The second kappa shape index (κ2) is 9.14. The number of hydrogen-bond acceptors (Lipinski definition) is 5. The van der Waals surface area contributed by atoms with Crippen molar-refractivity contribution in [2.75, 3.05) is 38.3 Å². The van der Waals surface area contributed by atoms with Crippen LogP contribution < -0.4 is 15.1 Å². The minimum absolute atomic E-state index is 0.179. The fourth-order valence-corrected chi connectivity index (χ4v) is 2.85. The molecular weight excluding hydrogens is 349 g/mol. The van der Waals surface area contributed by atoms with Gasteiger partial charge in [0.15, 0.2) is 0 Å². The highest BCUT2D eigenvalue weighted by atomic mass is 19.1. The molecule has 1 saturated heterocycles. The van der Waals surface area contributed by atoms with E-state index in [1.165, 1.54) is 12.3 Å². The van der Waals surface area contributed by atoms with Crippen LogP contribution in [0.3, 0.4) is 0 Å². The Morgan fingerprint density at radius 2 is 2.11 bits per heavy atom. The van der Waals surface area contributed by atoms with Gasteiger partial charge in [0.2, 0.25) is 5.91 Å². The normalized spacial score (nSPS) is 14.4. The molecule has 27 heavy (non-hydrogen) atoms. The third-order valence-electron chi connectivity index (χ3n) is 4.23. The van der Waals surface area contributed by atoms with Gasteiger partial charge in [-0.05, 0) is 35.4 Å². The molecule has 2 aromatic carbocycles. The van der Waals surface area contributed by atoms with Gasteiger partial charge < -0.3 is 14.4 Å². The first-order valence-corrected chi connectivity index (χ1v) is 8.73. The molecule has 0 radical (unpaired) electrons. The van der Waals surface area contributed by atoms with Gasteiger partial charge in [0, 0.05) is 13.1 Å². The van der Waals surface area contributed by atoms with E-state index in [-0.39, 0.29) is 18.1 Å². The summed E-state index contributed by atoms with van der Waals surface area (Å²) >= 11 is 0. The van der Waals surface area contributed by atoms with Crippen molar-refractivity contribution in [3.8, 4) is 5.75 Å². The van der Waals surface area contributed by atoms with Crippen LogP contribution >= 0.6 is 0 Å². The van der Waals surface area contributed by atoms with Crippen LogP contribution in [0.1, 0.15) is 11.1 Å². The molecule has 1 amide bonds. The number of ether oxygens (including phenoxy) is 2. The summed E-state index contributed by atoms with van der Waals surface area (Å²) < 4.78 is 24.8. The van der Waals surface area contributed by atoms with E-state index in [2.05, 4.69) is 10.5 Å². The van der Waals surface area contributed by atoms with Crippen molar-refractivity contribution in [3.63, 3.8) is 0 Å². The van der Waals surface area contributed by atoms with E-state index in [1.54, 1.807) is 25.3 Å². The molecule has 1 N–H and O–H groups in total. The fraction of sp³-hybridized carbons (Fsp3) is 0.300. The Balaban J connectivity index is 1.55. The number of benzene rings is 2. The van der Waals surface area contributed by atoms with Crippen molar-refractivity contribution in [3.05, 3.63) is 59.4 Å². The van der Waals surface area contributed by atoms with E-state index < -0.39 is 0 Å². The molecule has 0 atom stereocenters. The van der Waals surface area contributed by atoms with E-state index in [0.29, 0.717) is 43.3 Å². The van der Waals surface area contributed by atoms with Crippen LogP contribution in [0.2, 0.25) is 0 Å². The maximum Gasteiger partial charge on any atom is 0.244 e. The van der Waals surface area contributed by atoms with Gasteiger partial charge in [0.05, 0.1) is 38.6 Å². The highest BCUT2D eigenvalue weighted by Crippen LogP contribution is 2.21. The second-order valence-corrected chi connectivity index (χ2v) is 6.13. The van der Waals surface area contributed by atoms with Crippen LogP contribution in [0.15, 0.2) is 47.6 Å². The van der Waals surface area contributed by atoms with Crippen LogP contribution in [-0.2, 0) is 16.0 Å². The molecule has 6 nitrogen and oxygen atoms in total. The van der Waals surface area contributed by atoms with Crippen molar-refractivity contribution < 1.29 is 18.7 Å². The SMILES string of the molecule is COc1cccc(CC(=O)N/N=C/c2ccc(N3CCOCC3)c(F)c2)c1. The zero-order chi connectivity index (χ0) is 19.1. The van der Waals surface area contributed by atoms with Crippen molar-refractivity contribution in [2.24, 2.45) is 5.10 Å². The Bertz CT molecular complexity index is 820. The highest BCUT2D eigenvalue weighted by molar-refractivity contribution is 5.83. The summed E-state index contributed by atoms with van der Waals surface area (Å²) in [5.41, 5.74) is 4.41. The average Bonchev–Trinajstić information content (AvgIpc) is 2.69. The number of nitrogens with zero attached hydrogens (tertiary/aromatic N) is 2. The van der Waals surface area contributed by atoms with Crippen LogP contribution in [0.5, 0.6) is 5.75 Å². The molecule has 2 aromatic rings. The fourth-order valence-electron chi connectivity index (χ4n) is 2.85. The van der Waals surface area contributed by atoms with Gasteiger partial charge in [-0.1, -0.05) is 18.2 Å². The van der Waals surface area contributed by atoms with Gasteiger partial charge in [0.1, 0.15) is 11.6 Å². The van der Waals surface area contributed by atoms with Gasteiger partial charge in [-0.25, -0.2) is 9.82 Å². The predicted molar refractivity (Wildman–Crippen MR) is 102 cm³/mol. The third kappa shape index (κ3) is 5.27. The van der Waals surface area contributed by atoms with E-state index in [4.69, 9.17) is 9.47 Å². The summed E-state index contributed by atoms with van der Waals surface area (Å²) in [5.74, 6) is 0.119. The second-order valence-electron chi connectivity index (χ2n) is 6.13. The topological polar surface area (TPSA) is 63.2 Å². The first kappa shape index (κ1) is 18.8. The van der Waals surface area contributed by atoms with Crippen LogP contribution in [-0.4, -0.2) is 45.5 Å². The minimum Gasteiger partial charge on any atom is -0.497 e. The molecule has 1 aliphatic heterocycles. The molecular formula is C20H22FN3O3. The van der Waals surface area contributed by atoms with E-state index in [0.717, 1.165) is 5.56 Å². The van der Waals surface area contributed by atoms with Crippen LogP contribution in [0, 0.1) is 5.82 Å². The predicted octanol–water partition coefficient (Wildman–Crippen LogP) is 2.36. The lowest BCUT2D eigenvalue weighted by molar-refractivity contribution is -0.120. The van der Waals surface area contributed by atoms with Crippen molar-refractivity contribution >= 4 is 17.8 Å². The van der Waals surface area contributed by atoms with Gasteiger partial charge in [0.25, 0.3) is 0 Å². The lowest BCUT2D eigenvalue weighted by Crippen LogP contribution is -2.36. The number of hydrogen-bond donors (Lipinski definition) is 1. The molecule has 0 bridgehead atoms. The molecule has 0 saturated carbocycles. The monoisotopic (exact) mass is 371 g/mol.